The Morgan fingerprint density at radius 2 is 2.20 bits per heavy atom. The van der Waals surface area contributed by atoms with Gasteiger partial charge in [-0.25, -0.2) is 17.7 Å². The molecule has 0 fully saturated rings. The molecule has 0 aliphatic carbocycles. The van der Waals surface area contributed by atoms with E-state index in [1.807, 2.05) is 0 Å². The lowest BCUT2D eigenvalue weighted by molar-refractivity contribution is -0.000286. The Morgan fingerprint density at radius 1 is 1.70 bits per heavy atom. The lowest BCUT2D eigenvalue weighted by Gasteiger charge is -2.07. The zero-order valence-electron chi connectivity index (χ0n) is 5.38. The lowest BCUT2D eigenvalue weighted by Crippen LogP contribution is -2.32. The molecule has 2 unspecified atom stereocenters. The van der Waals surface area contributed by atoms with Gasteiger partial charge in [0.2, 0.25) is 0 Å². The summed E-state index contributed by atoms with van der Waals surface area (Å²) < 4.78 is 35.4. The summed E-state index contributed by atoms with van der Waals surface area (Å²) >= 11 is 0. The number of rotatable bonds is 4. The summed E-state index contributed by atoms with van der Waals surface area (Å²) in [4.78, 5) is 0. The topological polar surface area (TPSA) is 49.3 Å². The molecule has 0 aromatic rings. The van der Waals surface area contributed by atoms with Gasteiger partial charge in [-0.15, -0.1) is 0 Å². The van der Waals surface area contributed by atoms with Gasteiger partial charge in [-0.2, -0.15) is 0 Å². The lowest BCUT2D eigenvalue weighted by atomic mass is 10.4. The van der Waals surface area contributed by atoms with Crippen LogP contribution in [0.1, 0.15) is 0 Å². The minimum absolute atomic E-state index is 0.346. The quantitative estimate of drug-likeness (QED) is 0.602. The zero-order chi connectivity index (χ0) is 8.15. The second-order valence-corrected chi connectivity index (χ2v) is 2.90. The van der Waals surface area contributed by atoms with Crippen LogP contribution in [0.4, 0.5) is 8.78 Å². The van der Waals surface area contributed by atoms with Crippen molar-refractivity contribution in [3.63, 3.8) is 0 Å². The van der Waals surface area contributed by atoms with E-state index in [1.54, 1.807) is 0 Å². The van der Waals surface area contributed by atoms with Crippen LogP contribution in [-0.2, 0) is 11.0 Å². The van der Waals surface area contributed by atoms with E-state index in [-0.39, 0.29) is 6.54 Å². The van der Waals surface area contributed by atoms with Crippen molar-refractivity contribution in [1.82, 2.24) is 4.72 Å². The minimum atomic E-state index is -2.78. The number of alkyl halides is 2. The number of aliphatic hydroxyl groups is 1. The normalized spacial score (nSPS) is 17.3. The summed E-state index contributed by atoms with van der Waals surface area (Å²) in [5, 5.41) is 8.43. The third kappa shape index (κ3) is 4.78. The SMILES string of the molecule is CS(=O)NCC(O)C(F)F. The molecular weight excluding hydrogens is 164 g/mol. The van der Waals surface area contributed by atoms with Gasteiger partial charge in [0.15, 0.2) is 0 Å². The summed E-state index contributed by atoms with van der Waals surface area (Å²) in [5.41, 5.74) is 0. The molecule has 0 aliphatic heterocycles. The molecule has 0 aliphatic rings. The van der Waals surface area contributed by atoms with Crippen LogP contribution < -0.4 is 4.72 Å². The standard InChI is InChI=1S/C4H9F2NO2S/c1-10(9)7-2-3(8)4(5)6/h3-4,7-8H,2H2,1H3. The van der Waals surface area contributed by atoms with Crippen molar-refractivity contribution in [1.29, 1.82) is 0 Å². The molecule has 0 aromatic heterocycles. The molecule has 2 atom stereocenters. The first-order valence-corrected chi connectivity index (χ1v) is 4.13. The van der Waals surface area contributed by atoms with Crippen molar-refractivity contribution in [2.45, 2.75) is 12.5 Å². The maximum Gasteiger partial charge on any atom is 0.265 e. The molecule has 0 spiro atoms. The number of hydrogen-bond donors (Lipinski definition) is 2. The van der Waals surface area contributed by atoms with Crippen LogP contribution in [-0.4, -0.2) is 34.6 Å². The maximum absolute atomic E-state index is 11.5. The highest BCUT2D eigenvalue weighted by Gasteiger charge is 2.15. The Labute approximate surface area is 60.0 Å². The average molecular weight is 173 g/mol. The number of hydrogen-bond acceptors (Lipinski definition) is 2. The molecule has 0 aromatic carbocycles. The van der Waals surface area contributed by atoms with Crippen molar-refractivity contribution < 1.29 is 18.1 Å². The average Bonchev–Trinajstić information content (AvgIpc) is 1.82. The maximum atomic E-state index is 11.5. The molecular formula is C4H9F2NO2S. The highest BCUT2D eigenvalue weighted by atomic mass is 32.2. The fourth-order valence-corrected chi connectivity index (χ4v) is 0.697. The molecule has 10 heavy (non-hydrogen) atoms. The summed E-state index contributed by atoms with van der Waals surface area (Å²) in [5.74, 6) is 0. The molecule has 0 saturated carbocycles. The van der Waals surface area contributed by atoms with Crippen molar-refractivity contribution in [3.8, 4) is 0 Å². The van der Waals surface area contributed by atoms with Crippen molar-refractivity contribution >= 4 is 11.0 Å². The minimum Gasteiger partial charge on any atom is -0.386 e. The Balaban J connectivity index is 3.39. The van der Waals surface area contributed by atoms with E-state index >= 15 is 0 Å². The Morgan fingerprint density at radius 3 is 2.50 bits per heavy atom. The molecule has 0 amide bonds. The van der Waals surface area contributed by atoms with Crippen LogP contribution in [0.25, 0.3) is 0 Å². The predicted molar refractivity (Wildman–Crippen MR) is 34.1 cm³/mol. The molecule has 3 nitrogen and oxygen atoms in total. The Bertz CT molecular complexity index is 122. The van der Waals surface area contributed by atoms with Gasteiger partial charge in [-0.05, 0) is 0 Å². The van der Waals surface area contributed by atoms with Crippen molar-refractivity contribution in [2.24, 2.45) is 0 Å². The first kappa shape index (κ1) is 9.93. The second-order valence-electron chi connectivity index (χ2n) is 1.70. The van der Waals surface area contributed by atoms with Gasteiger partial charge in [-0.3, -0.25) is 0 Å². The summed E-state index contributed by atoms with van der Waals surface area (Å²) in [6.45, 7) is -0.346. The van der Waals surface area contributed by atoms with Gasteiger partial charge < -0.3 is 5.11 Å². The van der Waals surface area contributed by atoms with Gasteiger partial charge in [0.05, 0.1) is 11.0 Å². The summed E-state index contributed by atoms with van der Waals surface area (Å²) in [6, 6.07) is 0. The molecule has 0 saturated heterocycles. The summed E-state index contributed by atoms with van der Waals surface area (Å²) in [6.07, 6.45) is -3.21. The van der Waals surface area contributed by atoms with Crippen LogP contribution in [0.2, 0.25) is 0 Å². The third-order valence-electron chi connectivity index (χ3n) is 0.787. The smallest absolute Gasteiger partial charge is 0.265 e. The van der Waals surface area contributed by atoms with Gasteiger partial charge >= 0.3 is 0 Å². The molecule has 0 rings (SSSR count). The van der Waals surface area contributed by atoms with E-state index in [2.05, 4.69) is 4.72 Å². The van der Waals surface area contributed by atoms with Gasteiger partial charge in [0.25, 0.3) is 6.43 Å². The van der Waals surface area contributed by atoms with Crippen LogP contribution in [0, 0.1) is 0 Å². The largest absolute Gasteiger partial charge is 0.386 e. The zero-order valence-corrected chi connectivity index (χ0v) is 6.20. The highest BCUT2D eigenvalue weighted by Crippen LogP contribution is 1.98. The fraction of sp³-hybridized carbons (Fsp3) is 1.00. The van der Waals surface area contributed by atoms with Crippen LogP contribution >= 0.6 is 0 Å². The van der Waals surface area contributed by atoms with Crippen LogP contribution in [0.3, 0.4) is 0 Å². The molecule has 0 bridgehead atoms. The molecule has 6 heteroatoms. The van der Waals surface area contributed by atoms with Crippen molar-refractivity contribution in [2.75, 3.05) is 12.8 Å². The number of halogens is 2. The number of aliphatic hydroxyl groups excluding tert-OH is 1. The van der Waals surface area contributed by atoms with Crippen LogP contribution in [0.15, 0.2) is 0 Å². The van der Waals surface area contributed by atoms with Gasteiger partial charge in [-0.1, -0.05) is 0 Å². The second kappa shape index (κ2) is 4.70. The third-order valence-corrected chi connectivity index (χ3v) is 1.36. The van der Waals surface area contributed by atoms with E-state index in [0.29, 0.717) is 0 Å². The first-order valence-electron chi connectivity index (χ1n) is 2.57. The van der Waals surface area contributed by atoms with E-state index < -0.39 is 23.5 Å². The first-order chi connectivity index (χ1) is 4.54. The molecule has 0 heterocycles. The Hall–Kier alpha value is -0.0700. The molecule has 0 radical (unpaired) electrons. The number of nitrogens with one attached hydrogen (secondary N) is 1. The van der Waals surface area contributed by atoms with E-state index in [4.69, 9.17) is 5.11 Å². The van der Waals surface area contributed by atoms with Gasteiger partial charge in [0, 0.05) is 12.8 Å². The highest BCUT2D eigenvalue weighted by molar-refractivity contribution is 7.82. The Kier molecular flexibility index (Phi) is 4.67. The van der Waals surface area contributed by atoms with E-state index in [0.717, 1.165) is 0 Å². The molecule has 2 N–H and O–H groups in total. The summed E-state index contributed by atoms with van der Waals surface area (Å²) in [7, 11) is -1.35. The monoisotopic (exact) mass is 173 g/mol. The predicted octanol–water partition coefficient (Wildman–Crippen LogP) is -0.505. The van der Waals surface area contributed by atoms with E-state index in [1.165, 1.54) is 6.26 Å². The van der Waals surface area contributed by atoms with Crippen LogP contribution in [0.5, 0.6) is 0 Å². The van der Waals surface area contributed by atoms with E-state index in [9.17, 15) is 13.0 Å². The molecule has 62 valence electrons. The fourth-order valence-electron chi connectivity index (χ4n) is 0.292. The van der Waals surface area contributed by atoms with Gasteiger partial charge in [0.1, 0.15) is 6.10 Å². The van der Waals surface area contributed by atoms with Crippen molar-refractivity contribution in [3.05, 3.63) is 0 Å².